The van der Waals surface area contributed by atoms with Crippen molar-refractivity contribution in [3.05, 3.63) is 0 Å². The zero-order valence-electron chi connectivity index (χ0n) is 9.87. The number of carbonyl (C=O) groups is 1. The van der Waals surface area contributed by atoms with Crippen LogP contribution in [0.15, 0.2) is 0 Å². The molecule has 1 aliphatic carbocycles. The van der Waals surface area contributed by atoms with Gasteiger partial charge in [-0.15, -0.1) is 0 Å². The van der Waals surface area contributed by atoms with E-state index in [0.29, 0.717) is 17.9 Å². The van der Waals surface area contributed by atoms with Gasteiger partial charge in [0.05, 0.1) is 18.3 Å². The molecule has 1 spiro atoms. The Bertz CT molecular complexity index is 301. The smallest absolute Gasteiger partial charge is 0.243 e. The quantitative estimate of drug-likeness (QED) is 0.768. The van der Waals surface area contributed by atoms with Crippen molar-refractivity contribution in [3.8, 4) is 0 Å². The van der Waals surface area contributed by atoms with Crippen molar-refractivity contribution in [2.24, 2.45) is 5.92 Å². The van der Waals surface area contributed by atoms with Crippen LogP contribution in [0, 0.1) is 5.92 Å². The standard InChI is InChI=1S/C12H20N2O2/c1-2-10-9(3-6-16-10)7-14-8-13-12(4-5-12)11(14)15/h9-10,13H,2-8H2,1H3. The first-order valence-electron chi connectivity index (χ1n) is 6.41. The van der Waals surface area contributed by atoms with Crippen molar-refractivity contribution in [1.82, 2.24) is 10.2 Å². The van der Waals surface area contributed by atoms with Crippen molar-refractivity contribution in [1.29, 1.82) is 0 Å². The van der Waals surface area contributed by atoms with Gasteiger partial charge in [-0.1, -0.05) is 6.92 Å². The van der Waals surface area contributed by atoms with Crippen LogP contribution >= 0.6 is 0 Å². The maximum Gasteiger partial charge on any atom is 0.243 e. The van der Waals surface area contributed by atoms with Crippen LogP contribution in [0.4, 0.5) is 0 Å². The molecule has 2 unspecified atom stereocenters. The normalized spacial score (nSPS) is 36.3. The molecule has 0 aromatic heterocycles. The number of nitrogens with zero attached hydrogens (tertiary/aromatic N) is 1. The molecule has 4 nitrogen and oxygen atoms in total. The van der Waals surface area contributed by atoms with Crippen molar-refractivity contribution >= 4 is 5.91 Å². The summed E-state index contributed by atoms with van der Waals surface area (Å²) in [7, 11) is 0. The molecule has 3 fully saturated rings. The second kappa shape index (κ2) is 3.70. The number of rotatable bonds is 3. The topological polar surface area (TPSA) is 41.6 Å². The Labute approximate surface area is 96.3 Å². The highest BCUT2D eigenvalue weighted by Crippen LogP contribution is 2.40. The Morgan fingerprint density at radius 3 is 3.00 bits per heavy atom. The zero-order chi connectivity index (χ0) is 11.2. The van der Waals surface area contributed by atoms with E-state index in [2.05, 4.69) is 12.2 Å². The van der Waals surface area contributed by atoms with E-state index >= 15 is 0 Å². The van der Waals surface area contributed by atoms with Gasteiger partial charge < -0.3 is 9.64 Å². The number of hydrogen-bond donors (Lipinski definition) is 1. The van der Waals surface area contributed by atoms with E-state index in [1.54, 1.807) is 0 Å². The predicted molar refractivity (Wildman–Crippen MR) is 59.8 cm³/mol. The van der Waals surface area contributed by atoms with Gasteiger partial charge in [0.2, 0.25) is 5.91 Å². The lowest BCUT2D eigenvalue weighted by atomic mass is 9.99. The van der Waals surface area contributed by atoms with E-state index in [1.165, 1.54) is 0 Å². The minimum atomic E-state index is -0.138. The highest BCUT2D eigenvalue weighted by atomic mass is 16.5. The Kier molecular flexibility index (Phi) is 2.44. The van der Waals surface area contributed by atoms with Gasteiger partial charge in [-0.05, 0) is 25.7 Å². The summed E-state index contributed by atoms with van der Waals surface area (Å²) in [6.07, 6.45) is 4.59. The minimum absolute atomic E-state index is 0.138. The monoisotopic (exact) mass is 224 g/mol. The SMILES string of the molecule is CCC1OCCC1CN1CNC2(CC2)C1=O. The van der Waals surface area contributed by atoms with Crippen LogP contribution in [0.3, 0.4) is 0 Å². The van der Waals surface area contributed by atoms with Gasteiger partial charge in [-0.2, -0.15) is 0 Å². The number of hydrogen-bond acceptors (Lipinski definition) is 3. The van der Waals surface area contributed by atoms with Crippen LogP contribution in [0.5, 0.6) is 0 Å². The molecule has 4 heteroatoms. The van der Waals surface area contributed by atoms with E-state index in [0.717, 1.165) is 45.5 Å². The van der Waals surface area contributed by atoms with Crippen molar-refractivity contribution in [2.45, 2.75) is 44.2 Å². The summed E-state index contributed by atoms with van der Waals surface area (Å²) in [5, 5.41) is 3.35. The molecule has 2 atom stereocenters. The number of ether oxygens (including phenoxy) is 1. The molecule has 0 bridgehead atoms. The van der Waals surface area contributed by atoms with E-state index < -0.39 is 0 Å². The first kappa shape index (κ1) is 10.5. The summed E-state index contributed by atoms with van der Waals surface area (Å²) < 4.78 is 5.67. The minimum Gasteiger partial charge on any atom is -0.378 e. The Morgan fingerprint density at radius 1 is 1.56 bits per heavy atom. The van der Waals surface area contributed by atoms with Gasteiger partial charge in [0.15, 0.2) is 0 Å². The number of nitrogens with one attached hydrogen (secondary N) is 1. The van der Waals surface area contributed by atoms with Gasteiger partial charge in [0, 0.05) is 19.1 Å². The zero-order valence-corrected chi connectivity index (χ0v) is 9.87. The third-order valence-corrected chi connectivity index (χ3v) is 4.26. The second-order valence-corrected chi connectivity index (χ2v) is 5.31. The van der Waals surface area contributed by atoms with Crippen molar-refractivity contribution in [3.63, 3.8) is 0 Å². The van der Waals surface area contributed by atoms with Crippen LogP contribution in [0.2, 0.25) is 0 Å². The van der Waals surface area contributed by atoms with Gasteiger partial charge in [-0.25, -0.2) is 0 Å². The molecule has 3 aliphatic rings. The van der Waals surface area contributed by atoms with Crippen LogP contribution < -0.4 is 5.32 Å². The average Bonchev–Trinajstić information content (AvgIpc) is 2.85. The van der Waals surface area contributed by atoms with Gasteiger partial charge in [-0.3, -0.25) is 10.1 Å². The Balaban J connectivity index is 1.61. The van der Waals surface area contributed by atoms with E-state index in [4.69, 9.17) is 4.74 Å². The molecule has 0 radical (unpaired) electrons. The fraction of sp³-hybridized carbons (Fsp3) is 0.917. The Morgan fingerprint density at radius 2 is 2.38 bits per heavy atom. The summed E-state index contributed by atoms with van der Waals surface area (Å²) in [6, 6.07) is 0. The van der Waals surface area contributed by atoms with Gasteiger partial charge >= 0.3 is 0 Å². The number of carbonyl (C=O) groups excluding carboxylic acids is 1. The van der Waals surface area contributed by atoms with Crippen molar-refractivity contribution in [2.75, 3.05) is 19.8 Å². The molecule has 1 saturated carbocycles. The lowest BCUT2D eigenvalue weighted by Gasteiger charge is -2.23. The third kappa shape index (κ3) is 1.55. The molecule has 2 heterocycles. The Hall–Kier alpha value is -0.610. The van der Waals surface area contributed by atoms with E-state index in [1.807, 2.05) is 4.90 Å². The maximum atomic E-state index is 12.1. The largest absolute Gasteiger partial charge is 0.378 e. The van der Waals surface area contributed by atoms with Crippen LogP contribution in [-0.2, 0) is 9.53 Å². The van der Waals surface area contributed by atoms with Crippen LogP contribution in [-0.4, -0.2) is 42.3 Å². The van der Waals surface area contributed by atoms with E-state index in [9.17, 15) is 4.79 Å². The summed E-state index contributed by atoms with van der Waals surface area (Å²) in [5.74, 6) is 0.874. The summed E-state index contributed by atoms with van der Waals surface area (Å²) in [5.41, 5.74) is -0.138. The highest BCUT2D eigenvalue weighted by Gasteiger charge is 2.55. The molecule has 1 amide bonds. The lowest BCUT2D eigenvalue weighted by Crippen LogP contribution is -2.37. The fourth-order valence-corrected chi connectivity index (χ4v) is 3.00. The molecule has 1 N–H and O–H groups in total. The van der Waals surface area contributed by atoms with Crippen LogP contribution in [0.1, 0.15) is 32.6 Å². The lowest BCUT2D eigenvalue weighted by molar-refractivity contribution is -0.130. The first-order chi connectivity index (χ1) is 7.75. The highest BCUT2D eigenvalue weighted by molar-refractivity contribution is 5.91. The molecule has 90 valence electrons. The average molecular weight is 224 g/mol. The molecule has 0 aromatic carbocycles. The third-order valence-electron chi connectivity index (χ3n) is 4.26. The summed E-state index contributed by atoms with van der Waals surface area (Å²) in [4.78, 5) is 14.1. The van der Waals surface area contributed by atoms with Crippen molar-refractivity contribution < 1.29 is 9.53 Å². The second-order valence-electron chi connectivity index (χ2n) is 5.31. The van der Waals surface area contributed by atoms with Crippen LogP contribution in [0.25, 0.3) is 0 Å². The molecular formula is C12H20N2O2. The molecule has 2 saturated heterocycles. The molecule has 0 aromatic rings. The number of amides is 1. The van der Waals surface area contributed by atoms with Gasteiger partial charge in [0.25, 0.3) is 0 Å². The summed E-state index contributed by atoms with van der Waals surface area (Å²) in [6.45, 7) is 4.65. The molecule has 2 aliphatic heterocycles. The molecule has 3 rings (SSSR count). The van der Waals surface area contributed by atoms with Gasteiger partial charge in [0.1, 0.15) is 0 Å². The molecule has 16 heavy (non-hydrogen) atoms. The molecular weight excluding hydrogens is 204 g/mol. The fourth-order valence-electron chi connectivity index (χ4n) is 3.00. The summed E-state index contributed by atoms with van der Waals surface area (Å²) >= 11 is 0. The maximum absolute atomic E-state index is 12.1. The first-order valence-corrected chi connectivity index (χ1v) is 6.41. The van der Waals surface area contributed by atoms with E-state index in [-0.39, 0.29) is 5.54 Å². The predicted octanol–water partition coefficient (Wildman–Crippen LogP) is 0.723.